The van der Waals surface area contributed by atoms with E-state index < -0.39 is 0 Å². The highest BCUT2D eigenvalue weighted by atomic mass is 16.2. The molecule has 86 valence electrons. The van der Waals surface area contributed by atoms with Gasteiger partial charge < -0.3 is 10.2 Å². The number of aromatic nitrogens is 2. The summed E-state index contributed by atoms with van der Waals surface area (Å²) in [6.45, 7) is 0.0838. The Hall–Kier alpha value is -1.85. The second kappa shape index (κ2) is 4.34. The molecule has 6 nitrogen and oxygen atoms in total. The van der Waals surface area contributed by atoms with Crippen molar-refractivity contribution in [3.8, 4) is 0 Å². The molecule has 0 atom stereocenters. The molecule has 1 aromatic heterocycles. The third-order valence-corrected chi connectivity index (χ3v) is 2.42. The van der Waals surface area contributed by atoms with Crippen molar-refractivity contribution in [3.63, 3.8) is 0 Å². The van der Waals surface area contributed by atoms with Crippen molar-refractivity contribution in [1.29, 1.82) is 0 Å². The van der Waals surface area contributed by atoms with E-state index in [2.05, 4.69) is 15.5 Å². The predicted octanol–water partition coefficient (Wildman–Crippen LogP) is -0.240. The predicted molar refractivity (Wildman–Crippen MR) is 56.7 cm³/mol. The lowest BCUT2D eigenvalue weighted by molar-refractivity contribution is -0.121. The van der Waals surface area contributed by atoms with Gasteiger partial charge in [0.1, 0.15) is 0 Å². The van der Waals surface area contributed by atoms with Crippen molar-refractivity contribution in [2.75, 3.05) is 13.6 Å². The van der Waals surface area contributed by atoms with E-state index in [9.17, 15) is 9.59 Å². The van der Waals surface area contributed by atoms with Crippen LogP contribution < -0.4 is 5.32 Å². The van der Waals surface area contributed by atoms with Gasteiger partial charge in [-0.1, -0.05) is 0 Å². The van der Waals surface area contributed by atoms with Gasteiger partial charge in [-0.3, -0.25) is 14.7 Å². The monoisotopic (exact) mass is 222 g/mol. The molecule has 2 amide bonds. The fraction of sp³-hybridized carbons (Fsp3) is 0.500. The molecule has 1 aromatic rings. The molecule has 0 unspecified atom stereocenters. The summed E-state index contributed by atoms with van der Waals surface area (Å²) in [5.74, 6) is -0.318. The first-order valence-electron chi connectivity index (χ1n) is 5.20. The summed E-state index contributed by atoms with van der Waals surface area (Å²) in [6, 6.07) is 0.324. The standard InChI is InChI=1S/C10H14N4O2/c1-14(6-9(15)13-8-2-3-8)10(16)7-4-11-12-5-7/h4-5,8H,2-3,6H2,1H3,(H,11,12)(H,13,15). The smallest absolute Gasteiger partial charge is 0.257 e. The molecule has 1 saturated carbocycles. The average Bonchev–Trinajstić information content (AvgIpc) is 2.89. The van der Waals surface area contributed by atoms with Crippen LogP contribution >= 0.6 is 0 Å². The molecule has 0 saturated heterocycles. The molecular weight excluding hydrogens is 208 g/mol. The highest BCUT2D eigenvalue weighted by molar-refractivity contribution is 5.95. The number of aromatic amines is 1. The van der Waals surface area contributed by atoms with Gasteiger partial charge in [-0.2, -0.15) is 5.10 Å². The zero-order valence-electron chi connectivity index (χ0n) is 9.06. The zero-order valence-corrected chi connectivity index (χ0v) is 9.06. The Morgan fingerprint density at radius 1 is 1.62 bits per heavy atom. The first-order chi connectivity index (χ1) is 7.66. The van der Waals surface area contributed by atoms with Gasteiger partial charge in [-0.15, -0.1) is 0 Å². The number of carbonyl (C=O) groups is 2. The minimum absolute atomic E-state index is 0.0838. The number of hydrogen-bond acceptors (Lipinski definition) is 3. The van der Waals surface area contributed by atoms with Gasteiger partial charge in [-0.25, -0.2) is 0 Å². The number of H-pyrrole nitrogens is 1. The lowest BCUT2D eigenvalue weighted by atomic mass is 10.3. The van der Waals surface area contributed by atoms with E-state index >= 15 is 0 Å². The molecule has 16 heavy (non-hydrogen) atoms. The van der Waals surface area contributed by atoms with Crippen molar-refractivity contribution < 1.29 is 9.59 Å². The van der Waals surface area contributed by atoms with Crippen molar-refractivity contribution in [2.24, 2.45) is 0 Å². The van der Waals surface area contributed by atoms with E-state index in [1.165, 1.54) is 17.3 Å². The van der Waals surface area contributed by atoms with Crippen LogP contribution in [0.3, 0.4) is 0 Å². The van der Waals surface area contributed by atoms with Crippen LogP contribution in [0.25, 0.3) is 0 Å². The normalized spacial score (nSPS) is 14.6. The molecule has 1 heterocycles. The number of carbonyl (C=O) groups excluding carboxylic acids is 2. The third-order valence-electron chi connectivity index (χ3n) is 2.42. The van der Waals surface area contributed by atoms with Crippen LogP contribution in [-0.2, 0) is 4.79 Å². The second-order valence-corrected chi connectivity index (χ2v) is 3.99. The number of amides is 2. The van der Waals surface area contributed by atoms with Crippen LogP contribution in [0.2, 0.25) is 0 Å². The highest BCUT2D eigenvalue weighted by Crippen LogP contribution is 2.18. The Morgan fingerprint density at radius 3 is 2.94 bits per heavy atom. The molecule has 1 aliphatic carbocycles. The lowest BCUT2D eigenvalue weighted by Crippen LogP contribution is -2.39. The van der Waals surface area contributed by atoms with Crippen LogP contribution in [0.4, 0.5) is 0 Å². The summed E-state index contributed by atoms with van der Waals surface area (Å²) in [5, 5.41) is 9.08. The Labute approximate surface area is 93.0 Å². The van der Waals surface area contributed by atoms with Crippen molar-refractivity contribution in [2.45, 2.75) is 18.9 Å². The Morgan fingerprint density at radius 2 is 2.38 bits per heavy atom. The van der Waals surface area contributed by atoms with Gasteiger partial charge in [0.15, 0.2) is 0 Å². The summed E-state index contributed by atoms with van der Waals surface area (Å²) in [4.78, 5) is 24.6. The van der Waals surface area contributed by atoms with E-state index in [0.29, 0.717) is 11.6 Å². The molecule has 0 aromatic carbocycles. The molecule has 1 aliphatic rings. The van der Waals surface area contributed by atoms with Crippen molar-refractivity contribution in [3.05, 3.63) is 18.0 Å². The summed E-state index contributed by atoms with van der Waals surface area (Å²) in [6.07, 6.45) is 5.05. The maximum Gasteiger partial charge on any atom is 0.257 e. The molecule has 2 rings (SSSR count). The number of hydrogen-bond donors (Lipinski definition) is 2. The largest absolute Gasteiger partial charge is 0.352 e. The van der Waals surface area contributed by atoms with Crippen molar-refractivity contribution >= 4 is 11.8 Å². The first-order valence-corrected chi connectivity index (χ1v) is 5.20. The van der Waals surface area contributed by atoms with E-state index in [-0.39, 0.29) is 18.4 Å². The fourth-order valence-corrected chi connectivity index (χ4v) is 1.38. The highest BCUT2D eigenvalue weighted by Gasteiger charge is 2.24. The summed E-state index contributed by atoms with van der Waals surface area (Å²) in [5.41, 5.74) is 0.460. The van der Waals surface area contributed by atoms with Crippen LogP contribution in [0, 0.1) is 0 Å². The molecule has 0 radical (unpaired) electrons. The van der Waals surface area contributed by atoms with Gasteiger partial charge in [0, 0.05) is 19.3 Å². The SMILES string of the molecule is CN(CC(=O)NC1CC1)C(=O)c1cn[nH]c1. The van der Waals surface area contributed by atoms with Crippen LogP contribution in [0.15, 0.2) is 12.4 Å². The number of likely N-dealkylation sites (N-methyl/N-ethyl adjacent to an activating group) is 1. The van der Waals surface area contributed by atoms with Crippen LogP contribution in [-0.4, -0.2) is 46.5 Å². The molecular formula is C10H14N4O2. The van der Waals surface area contributed by atoms with Gasteiger partial charge in [-0.05, 0) is 12.8 Å². The van der Waals surface area contributed by atoms with E-state index in [1.807, 2.05) is 0 Å². The minimum Gasteiger partial charge on any atom is -0.352 e. The quantitative estimate of drug-likeness (QED) is 0.738. The molecule has 6 heteroatoms. The first kappa shape index (κ1) is 10.7. The number of nitrogens with one attached hydrogen (secondary N) is 2. The summed E-state index contributed by atoms with van der Waals surface area (Å²) in [7, 11) is 1.60. The fourth-order valence-electron chi connectivity index (χ4n) is 1.38. The maximum atomic E-state index is 11.7. The Balaban J connectivity index is 1.84. The second-order valence-electron chi connectivity index (χ2n) is 3.99. The molecule has 2 N–H and O–H groups in total. The maximum absolute atomic E-state index is 11.7. The summed E-state index contributed by atoms with van der Waals surface area (Å²) < 4.78 is 0. The van der Waals surface area contributed by atoms with Gasteiger partial charge in [0.05, 0.1) is 18.3 Å². The molecule has 1 fully saturated rings. The molecule has 0 spiro atoms. The lowest BCUT2D eigenvalue weighted by Gasteiger charge is -2.15. The van der Waals surface area contributed by atoms with E-state index in [0.717, 1.165) is 12.8 Å². The van der Waals surface area contributed by atoms with Crippen LogP contribution in [0.1, 0.15) is 23.2 Å². The topological polar surface area (TPSA) is 78.1 Å². The Kier molecular flexibility index (Phi) is 2.89. The van der Waals surface area contributed by atoms with E-state index in [4.69, 9.17) is 0 Å². The number of rotatable bonds is 4. The Bertz CT molecular complexity index is 384. The van der Waals surface area contributed by atoms with Gasteiger partial charge >= 0.3 is 0 Å². The van der Waals surface area contributed by atoms with Gasteiger partial charge in [0.25, 0.3) is 5.91 Å². The van der Waals surface area contributed by atoms with E-state index in [1.54, 1.807) is 7.05 Å². The third kappa shape index (κ3) is 2.59. The number of nitrogens with zero attached hydrogens (tertiary/aromatic N) is 2. The minimum atomic E-state index is -0.209. The van der Waals surface area contributed by atoms with Crippen LogP contribution in [0.5, 0.6) is 0 Å². The van der Waals surface area contributed by atoms with Crippen molar-refractivity contribution in [1.82, 2.24) is 20.4 Å². The summed E-state index contributed by atoms with van der Waals surface area (Å²) >= 11 is 0. The van der Waals surface area contributed by atoms with Gasteiger partial charge in [0.2, 0.25) is 5.91 Å². The average molecular weight is 222 g/mol. The zero-order chi connectivity index (χ0) is 11.5. The molecule has 0 bridgehead atoms. The molecule has 0 aliphatic heterocycles.